The van der Waals surface area contributed by atoms with Crippen LogP contribution in [0.3, 0.4) is 0 Å². The van der Waals surface area contributed by atoms with E-state index >= 15 is 0 Å². The van der Waals surface area contributed by atoms with Gasteiger partial charge >= 0.3 is 0 Å². The van der Waals surface area contributed by atoms with Crippen molar-refractivity contribution in [3.63, 3.8) is 0 Å². The fourth-order valence-electron chi connectivity index (χ4n) is 2.84. The van der Waals surface area contributed by atoms with Crippen LogP contribution in [0, 0.1) is 5.82 Å². The van der Waals surface area contributed by atoms with Gasteiger partial charge in [0.05, 0.1) is 11.9 Å². The summed E-state index contributed by atoms with van der Waals surface area (Å²) in [6.45, 7) is 0.0567. The van der Waals surface area contributed by atoms with E-state index in [0.29, 0.717) is 6.54 Å². The fourth-order valence-corrected chi connectivity index (χ4v) is 3.69. The number of anilines is 2. The van der Waals surface area contributed by atoms with Crippen molar-refractivity contribution in [2.45, 2.75) is 6.42 Å². The van der Waals surface area contributed by atoms with E-state index in [1.165, 1.54) is 24.3 Å². The summed E-state index contributed by atoms with van der Waals surface area (Å²) in [5.41, 5.74) is 1.70. The molecule has 2 aromatic carbocycles. The molecular formula is C17H17FN2O3S. The Morgan fingerprint density at radius 3 is 2.54 bits per heavy atom. The van der Waals surface area contributed by atoms with Crippen LogP contribution in [0.2, 0.25) is 0 Å². The maximum atomic E-state index is 14.0. The lowest BCUT2D eigenvalue weighted by Crippen LogP contribution is -2.42. The van der Waals surface area contributed by atoms with Gasteiger partial charge in [0.15, 0.2) is 0 Å². The van der Waals surface area contributed by atoms with Crippen molar-refractivity contribution in [3.8, 4) is 0 Å². The van der Waals surface area contributed by atoms with Gasteiger partial charge in [-0.25, -0.2) is 12.8 Å². The van der Waals surface area contributed by atoms with Crippen LogP contribution in [-0.2, 0) is 21.2 Å². The number of sulfonamides is 1. The molecule has 0 N–H and O–H groups in total. The highest BCUT2D eigenvalue weighted by molar-refractivity contribution is 7.92. The Morgan fingerprint density at radius 1 is 1.17 bits per heavy atom. The van der Waals surface area contributed by atoms with Crippen molar-refractivity contribution < 1.29 is 17.6 Å². The molecule has 0 fully saturated rings. The van der Waals surface area contributed by atoms with Gasteiger partial charge in [-0.2, -0.15) is 0 Å². The molecule has 0 spiro atoms. The second-order valence-electron chi connectivity index (χ2n) is 5.65. The van der Waals surface area contributed by atoms with Gasteiger partial charge in [0.1, 0.15) is 12.4 Å². The van der Waals surface area contributed by atoms with Crippen LogP contribution in [0.1, 0.15) is 5.56 Å². The lowest BCUT2D eigenvalue weighted by Gasteiger charge is -2.25. The number of hydrogen-bond donors (Lipinski definition) is 0. The molecule has 7 heteroatoms. The van der Waals surface area contributed by atoms with E-state index in [1.807, 2.05) is 24.3 Å². The number of carbonyl (C=O) groups excluding carboxylic acids is 1. The molecule has 0 unspecified atom stereocenters. The Morgan fingerprint density at radius 2 is 1.83 bits per heavy atom. The van der Waals surface area contributed by atoms with Gasteiger partial charge in [-0.3, -0.25) is 9.10 Å². The summed E-state index contributed by atoms with van der Waals surface area (Å²) in [6, 6.07) is 13.0. The molecule has 126 valence electrons. The number of fused-ring (bicyclic) bond motifs is 1. The zero-order valence-corrected chi connectivity index (χ0v) is 14.0. The number of benzene rings is 2. The normalized spacial score (nSPS) is 13.7. The zero-order valence-electron chi connectivity index (χ0n) is 13.1. The maximum Gasteiger partial charge on any atom is 0.247 e. The van der Waals surface area contributed by atoms with Crippen LogP contribution in [0.25, 0.3) is 0 Å². The molecule has 2 aromatic rings. The maximum absolute atomic E-state index is 14.0. The largest absolute Gasteiger partial charge is 0.310 e. The van der Waals surface area contributed by atoms with Gasteiger partial charge in [-0.05, 0) is 30.2 Å². The first-order chi connectivity index (χ1) is 11.4. The highest BCUT2D eigenvalue weighted by Crippen LogP contribution is 2.28. The third kappa shape index (κ3) is 3.12. The number of amides is 1. The highest BCUT2D eigenvalue weighted by Gasteiger charge is 2.29. The van der Waals surface area contributed by atoms with Gasteiger partial charge in [-0.1, -0.05) is 30.3 Å². The predicted molar refractivity (Wildman–Crippen MR) is 91.1 cm³/mol. The van der Waals surface area contributed by atoms with Gasteiger partial charge in [0.25, 0.3) is 0 Å². The minimum Gasteiger partial charge on any atom is -0.310 e. The Hall–Kier alpha value is -2.41. The average molecular weight is 348 g/mol. The SMILES string of the molecule is CS(=O)(=O)N(CC(=O)N1CCc2ccccc21)c1ccccc1F. The van der Waals surface area contributed by atoms with Crippen LogP contribution in [0.15, 0.2) is 48.5 Å². The minimum atomic E-state index is -3.80. The van der Waals surface area contributed by atoms with Gasteiger partial charge in [0.2, 0.25) is 15.9 Å². The van der Waals surface area contributed by atoms with E-state index in [0.717, 1.165) is 28.2 Å². The van der Waals surface area contributed by atoms with Crippen molar-refractivity contribution in [1.82, 2.24) is 0 Å². The number of halogens is 1. The quantitative estimate of drug-likeness (QED) is 0.851. The monoisotopic (exact) mass is 348 g/mol. The summed E-state index contributed by atoms with van der Waals surface area (Å²) in [5, 5.41) is 0. The molecular weight excluding hydrogens is 331 g/mol. The molecule has 0 bridgehead atoms. The molecule has 0 saturated carbocycles. The molecule has 0 atom stereocenters. The van der Waals surface area contributed by atoms with Crippen molar-refractivity contribution in [2.24, 2.45) is 0 Å². The summed E-state index contributed by atoms with van der Waals surface area (Å²) in [7, 11) is -3.80. The molecule has 3 rings (SSSR count). The second-order valence-corrected chi connectivity index (χ2v) is 7.55. The zero-order chi connectivity index (χ0) is 17.3. The van der Waals surface area contributed by atoms with Crippen LogP contribution in [0.4, 0.5) is 15.8 Å². The number of rotatable bonds is 4. The van der Waals surface area contributed by atoms with Crippen LogP contribution < -0.4 is 9.21 Å². The Balaban J connectivity index is 1.90. The van der Waals surface area contributed by atoms with E-state index in [-0.39, 0.29) is 11.6 Å². The third-order valence-electron chi connectivity index (χ3n) is 3.99. The number of para-hydroxylation sites is 2. The first-order valence-corrected chi connectivity index (χ1v) is 9.33. The Bertz CT molecular complexity index is 883. The molecule has 1 heterocycles. The number of hydrogen-bond acceptors (Lipinski definition) is 3. The van der Waals surface area contributed by atoms with Crippen LogP contribution >= 0.6 is 0 Å². The van der Waals surface area contributed by atoms with E-state index in [9.17, 15) is 17.6 Å². The lowest BCUT2D eigenvalue weighted by atomic mass is 10.2. The van der Waals surface area contributed by atoms with Gasteiger partial charge < -0.3 is 4.90 Å². The lowest BCUT2D eigenvalue weighted by molar-refractivity contribution is -0.117. The topological polar surface area (TPSA) is 57.7 Å². The summed E-state index contributed by atoms with van der Waals surface area (Å²) in [4.78, 5) is 14.2. The minimum absolute atomic E-state index is 0.124. The standard InChI is InChI=1S/C17H17FN2O3S/c1-24(22,23)20(16-9-5-3-7-14(16)18)12-17(21)19-11-10-13-6-2-4-8-15(13)19/h2-9H,10-12H2,1H3. The molecule has 0 aliphatic carbocycles. The smallest absolute Gasteiger partial charge is 0.247 e. The van der Waals surface area contributed by atoms with E-state index in [1.54, 1.807) is 4.90 Å². The first-order valence-electron chi connectivity index (χ1n) is 7.48. The molecule has 0 saturated heterocycles. The van der Waals surface area contributed by atoms with Crippen molar-refractivity contribution in [2.75, 3.05) is 28.6 Å². The van der Waals surface area contributed by atoms with Gasteiger partial charge in [0, 0.05) is 12.2 Å². The molecule has 1 amide bonds. The fraction of sp³-hybridized carbons (Fsp3) is 0.235. The summed E-state index contributed by atoms with van der Waals surface area (Å²) in [5.74, 6) is -1.06. The highest BCUT2D eigenvalue weighted by atomic mass is 32.2. The van der Waals surface area contributed by atoms with Crippen LogP contribution in [0.5, 0.6) is 0 Å². The van der Waals surface area contributed by atoms with Crippen molar-refractivity contribution >= 4 is 27.3 Å². The molecule has 24 heavy (non-hydrogen) atoms. The van der Waals surface area contributed by atoms with E-state index < -0.39 is 22.4 Å². The van der Waals surface area contributed by atoms with E-state index in [4.69, 9.17) is 0 Å². The molecule has 5 nitrogen and oxygen atoms in total. The Kier molecular flexibility index (Phi) is 4.28. The second kappa shape index (κ2) is 6.24. The molecule has 0 aromatic heterocycles. The number of nitrogens with zero attached hydrogens (tertiary/aromatic N) is 2. The number of carbonyl (C=O) groups is 1. The van der Waals surface area contributed by atoms with Gasteiger partial charge in [-0.15, -0.1) is 0 Å². The third-order valence-corrected chi connectivity index (χ3v) is 5.12. The van der Waals surface area contributed by atoms with Crippen molar-refractivity contribution in [3.05, 3.63) is 59.9 Å². The summed E-state index contributed by atoms with van der Waals surface area (Å²) >= 11 is 0. The van der Waals surface area contributed by atoms with Crippen LogP contribution in [-0.4, -0.2) is 33.7 Å². The summed E-state index contributed by atoms with van der Waals surface area (Å²) < 4.78 is 39.0. The van der Waals surface area contributed by atoms with Crippen molar-refractivity contribution in [1.29, 1.82) is 0 Å². The summed E-state index contributed by atoms with van der Waals surface area (Å²) in [6.07, 6.45) is 1.69. The van der Waals surface area contributed by atoms with E-state index in [2.05, 4.69) is 0 Å². The Labute approximate surface area is 140 Å². The average Bonchev–Trinajstić information content (AvgIpc) is 2.96. The molecule has 1 aliphatic heterocycles. The predicted octanol–water partition coefficient (Wildman–Crippen LogP) is 2.18. The molecule has 0 radical (unpaired) electrons. The molecule has 1 aliphatic rings. The first kappa shape index (κ1) is 16.4.